The minimum Gasteiger partial charge on any atom is -0.304 e. The van der Waals surface area contributed by atoms with Gasteiger partial charge in [0.15, 0.2) is 4.77 Å². The number of hydrogen-bond acceptors (Lipinski definition) is 2. The van der Waals surface area contributed by atoms with Crippen LogP contribution in [-0.2, 0) is 6.54 Å². The van der Waals surface area contributed by atoms with Crippen molar-refractivity contribution in [2.45, 2.75) is 58.4 Å². The van der Waals surface area contributed by atoms with Gasteiger partial charge in [-0.1, -0.05) is 26.7 Å². The summed E-state index contributed by atoms with van der Waals surface area (Å²) in [6.45, 7) is 5.59. The Morgan fingerprint density at radius 2 is 2.19 bits per heavy atom. The highest BCUT2D eigenvalue weighted by atomic mass is 32.1. The van der Waals surface area contributed by atoms with E-state index in [4.69, 9.17) is 12.2 Å². The zero-order chi connectivity index (χ0) is 11.5. The first-order chi connectivity index (χ1) is 7.68. The lowest BCUT2D eigenvalue weighted by atomic mass is 10.1. The normalized spacial score (nSPS) is 15.9. The van der Waals surface area contributed by atoms with Gasteiger partial charge in [0, 0.05) is 12.5 Å². The van der Waals surface area contributed by atoms with Gasteiger partial charge in [-0.05, 0) is 37.4 Å². The van der Waals surface area contributed by atoms with Crippen LogP contribution in [0.4, 0.5) is 0 Å². The van der Waals surface area contributed by atoms with E-state index in [0.717, 1.165) is 17.2 Å². The van der Waals surface area contributed by atoms with Gasteiger partial charge in [0.2, 0.25) is 0 Å². The molecule has 0 aromatic carbocycles. The van der Waals surface area contributed by atoms with Crippen LogP contribution in [0.5, 0.6) is 0 Å². The minimum atomic E-state index is 0.679. The third kappa shape index (κ3) is 2.94. The number of hydrogen-bond donors (Lipinski definition) is 1. The molecule has 0 amide bonds. The second kappa shape index (κ2) is 5.13. The molecule has 0 radical (unpaired) electrons. The van der Waals surface area contributed by atoms with Gasteiger partial charge < -0.3 is 4.57 Å². The van der Waals surface area contributed by atoms with E-state index in [2.05, 4.69) is 28.6 Å². The van der Waals surface area contributed by atoms with E-state index < -0.39 is 0 Å². The molecular weight excluding hydrogens is 218 g/mol. The van der Waals surface area contributed by atoms with Crippen LogP contribution < -0.4 is 0 Å². The van der Waals surface area contributed by atoms with Crippen LogP contribution in [0.2, 0.25) is 0 Å². The van der Waals surface area contributed by atoms with Crippen molar-refractivity contribution in [1.82, 2.24) is 14.8 Å². The zero-order valence-electron chi connectivity index (χ0n) is 10.2. The van der Waals surface area contributed by atoms with Gasteiger partial charge in [0.25, 0.3) is 0 Å². The fourth-order valence-electron chi connectivity index (χ4n) is 2.02. The molecule has 1 fully saturated rings. The van der Waals surface area contributed by atoms with Gasteiger partial charge in [-0.2, -0.15) is 5.10 Å². The Morgan fingerprint density at radius 1 is 1.44 bits per heavy atom. The average Bonchev–Trinajstić information content (AvgIpc) is 3.00. The quantitative estimate of drug-likeness (QED) is 0.607. The second-order valence-corrected chi connectivity index (χ2v) is 5.59. The molecule has 0 bridgehead atoms. The second-order valence-electron chi connectivity index (χ2n) is 5.20. The summed E-state index contributed by atoms with van der Waals surface area (Å²) < 4.78 is 3.00. The Bertz CT molecular complexity index is 387. The monoisotopic (exact) mass is 239 g/mol. The SMILES string of the molecule is CC(C)CCCCn1c(C2CC2)n[nH]c1=S. The molecule has 1 aliphatic rings. The van der Waals surface area contributed by atoms with Gasteiger partial charge in [0.1, 0.15) is 5.82 Å². The lowest BCUT2D eigenvalue weighted by molar-refractivity contribution is 0.501. The van der Waals surface area contributed by atoms with Crippen molar-refractivity contribution in [2.75, 3.05) is 0 Å². The predicted molar refractivity (Wildman–Crippen MR) is 68.1 cm³/mol. The van der Waals surface area contributed by atoms with E-state index >= 15 is 0 Å². The highest BCUT2D eigenvalue weighted by Gasteiger charge is 2.28. The van der Waals surface area contributed by atoms with Crippen molar-refractivity contribution < 1.29 is 0 Å². The topological polar surface area (TPSA) is 33.6 Å². The summed E-state index contributed by atoms with van der Waals surface area (Å²) in [6.07, 6.45) is 6.38. The third-order valence-electron chi connectivity index (χ3n) is 3.14. The molecular formula is C12H21N3S. The van der Waals surface area contributed by atoms with Crippen LogP contribution in [0.3, 0.4) is 0 Å². The maximum absolute atomic E-state index is 5.27. The van der Waals surface area contributed by atoms with E-state index in [0.29, 0.717) is 5.92 Å². The molecule has 1 aromatic heterocycles. The van der Waals surface area contributed by atoms with E-state index in [9.17, 15) is 0 Å². The van der Waals surface area contributed by atoms with Crippen molar-refractivity contribution in [3.05, 3.63) is 10.6 Å². The Morgan fingerprint density at radius 3 is 2.81 bits per heavy atom. The van der Waals surface area contributed by atoms with Crippen molar-refractivity contribution in [3.63, 3.8) is 0 Å². The number of nitrogens with one attached hydrogen (secondary N) is 1. The third-order valence-corrected chi connectivity index (χ3v) is 3.46. The summed E-state index contributed by atoms with van der Waals surface area (Å²) in [5.41, 5.74) is 0. The standard InChI is InChI=1S/C12H21N3S/c1-9(2)5-3-4-8-15-11(10-6-7-10)13-14-12(15)16/h9-10H,3-8H2,1-2H3,(H,14,16). The highest BCUT2D eigenvalue weighted by Crippen LogP contribution is 2.38. The Labute approximate surface area is 102 Å². The number of aromatic nitrogens is 3. The van der Waals surface area contributed by atoms with Crippen LogP contribution in [0, 0.1) is 10.7 Å². The van der Waals surface area contributed by atoms with Crippen LogP contribution in [0.1, 0.15) is 57.7 Å². The molecule has 1 saturated carbocycles. The zero-order valence-corrected chi connectivity index (χ0v) is 11.0. The summed E-state index contributed by atoms with van der Waals surface area (Å²) in [6, 6.07) is 0. The first-order valence-electron chi connectivity index (χ1n) is 6.33. The Balaban J connectivity index is 1.88. The minimum absolute atomic E-state index is 0.679. The molecule has 16 heavy (non-hydrogen) atoms. The molecule has 4 heteroatoms. The van der Waals surface area contributed by atoms with E-state index in [1.165, 1.54) is 37.9 Å². The van der Waals surface area contributed by atoms with Crippen LogP contribution >= 0.6 is 12.2 Å². The maximum atomic E-state index is 5.27. The van der Waals surface area contributed by atoms with Crippen LogP contribution in [0.25, 0.3) is 0 Å². The first-order valence-corrected chi connectivity index (χ1v) is 6.74. The molecule has 90 valence electrons. The molecule has 0 saturated heterocycles. The molecule has 2 rings (SSSR count). The molecule has 1 N–H and O–H groups in total. The van der Waals surface area contributed by atoms with Gasteiger partial charge in [0.05, 0.1) is 0 Å². The summed E-state index contributed by atoms with van der Waals surface area (Å²) in [7, 11) is 0. The number of nitrogens with zero attached hydrogens (tertiary/aromatic N) is 2. The summed E-state index contributed by atoms with van der Waals surface area (Å²) in [5, 5.41) is 7.26. The average molecular weight is 239 g/mol. The lowest BCUT2D eigenvalue weighted by Gasteiger charge is -2.07. The van der Waals surface area contributed by atoms with Crippen molar-refractivity contribution in [1.29, 1.82) is 0 Å². The molecule has 3 nitrogen and oxygen atoms in total. The molecule has 1 aromatic rings. The maximum Gasteiger partial charge on any atom is 0.195 e. The number of aromatic amines is 1. The number of rotatable bonds is 6. The summed E-state index contributed by atoms with van der Waals surface area (Å²) in [4.78, 5) is 0. The summed E-state index contributed by atoms with van der Waals surface area (Å²) >= 11 is 5.27. The number of unbranched alkanes of at least 4 members (excludes halogenated alkanes) is 1. The van der Waals surface area contributed by atoms with Gasteiger partial charge in [-0.15, -0.1) is 0 Å². The smallest absolute Gasteiger partial charge is 0.195 e. The number of H-pyrrole nitrogens is 1. The van der Waals surface area contributed by atoms with Crippen molar-refractivity contribution in [3.8, 4) is 0 Å². The lowest BCUT2D eigenvalue weighted by Crippen LogP contribution is -2.03. The van der Waals surface area contributed by atoms with Crippen LogP contribution in [0.15, 0.2) is 0 Å². The molecule has 0 atom stereocenters. The molecule has 1 heterocycles. The molecule has 1 aliphatic carbocycles. The van der Waals surface area contributed by atoms with E-state index in [1.54, 1.807) is 0 Å². The van der Waals surface area contributed by atoms with Gasteiger partial charge in [-0.25, -0.2) is 0 Å². The van der Waals surface area contributed by atoms with E-state index in [1.807, 2.05) is 0 Å². The fraction of sp³-hybridized carbons (Fsp3) is 0.833. The molecule has 0 aliphatic heterocycles. The Kier molecular flexibility index (Phi) is 3.79. The van der Waals surface area contributed by atoms with Gasteiger partial charge >= 0.3 is 0 Å². The first kappa shape index (κ1) is 11.8. The van der Waals surface area contributed by atoms with Crippen molar-refractivity contribution in [2.24, 2.45) is 5.92 Å². The highest BCUT2D eigenvalue weighted by molar-refractivity contribution is 7.71. The van der Waals surface area contributed by atoms with Crippen LogP contribution in [-0.4, -0.2) is 14.8 Å². The van der Waals surface area contributed by atoms with E-state index in [-0.39, 0.29) is 0 Å². The van der Waals surface area contributed by atoms with Crippen molar-refractivity contribution >= 4 is 12.2 Å². The fourth-order valence-corrected chi connectivity index (χ4v) is 2.25. The molecule has 0 unspecified atom stereocenters. The summed E-state index contributed by atoms with van der Waals surface area (Å²) in [5.74, 6) is 2.67. The molecule has 0 spiro atoms. The largest absolute Gasteiger partial charge is 0.304 e. The van der Waals surface area contributed by atoms with Gasteiger partial charge in [-0.3, -0.25) is 5.10 Å². The predicted octanol–water partition coefficient (Wildman–Crippen LogP) is 3.64. The Hall–Kier alpha value is -0.640.